The summed E-state index contributed by atoms with van der Waals surface area (Å²) in [7, 11) is 0. The molecule has 0 aromatic heterocycles. The number of rotatable bonds is 2. The van der Waals surface area contributed by atoms with Gasteiger partial charge in [-0.2, -0.15) is 0 Å². The van der Waals surface area contributed by atoms with E-state index in [1.165, 1.54) is 39.0 Å². The van der Waals surface area contributed by atoms with E-state index in [1.54, 1.807) is 0 Å². The summed E-state index contributed by atoms with van der Waals surface area (Å²) < 4.78 is 0. The lowest BCUT2D eigenvalue weighted by Gasteiger charge is -2.56. The smallest absolute Gasteiger partial charge is 0.0506 e. The number of hydrogen-bond acceptors (Lipinski definition) is 0. The highest BCUT2D eigenvalue weighted by molar-refractivity contribution is 6.15. The highest BCUT2D eigenvalue weighted by Crippen LogP contribution is 2.66. The van der Waals surface area contributed by atoms with Gasteiger partial charge in [0.25, 0.3) is 0 Å². The van der Waals surface area contributed by atoms with Gasteiger partial charge in [0, 0.05) is 0 Å². The fourth-order valence-electron chi connectivity index (χ4n) is 4.44. The van der Waals surface area contributed by atoms with Crippen molar-refractivity contribution in [2.24, 2.45) is 0 Å². The Morgan fingerprint density at radius 2 is 1.25 bits per heavy atom. The molecule has 0 N–H and O–H groups in total. The van der Waals surface area contributed by atoms with E-state index in [1.807, 2.05) is 0 Å². The molecule has 0 aliphatic heterocycles. The molecule has 1 spiro atoms. The predicted octanol–water partition coefficient (Wildman–Crippen LogP) is 5.66. The van der Waals surface area contributed by atoms with Gasteiger partial charge in [0.05, 0.1) is 5.41 Å². The van der Waals surface area contributed by atoms with E-state index < -0.39 is 0 Å². The third-order valence-electron chi connectivity index (χ3n) is 5.55. The van der Waals surface area contributed by atoms with Crippen LogP contribution in [-0.2, 0) is 11.8 Å². The molecule has 114 valence electrons. The molecule has 3 aromatic rings. The van der Waals surface area contributed by atoms with Gasteiger partial charge in [-0.05, 0) is 45.4 Å². The first kappa shape index (κ1) is 13.6. The van der Waals surface area contributed by atoms with E-state index in [0.29, 0.717) is 0 Å². The maximum Gasteiger partial charge on any atom is 0.0506 e. The number of fused-ring (bicyclic) bond motifs is 2. The van der Waals surface area contributed by atoms with E-state index in [0.717, 1.165) is 6.42 Å². The summed E-state index contributed by atoms with van der Waals surface area (Å²) in [5, 5.41) is 0. The van der Waals surface area contributed by atoms with Crippen LogP contribution in [0, 0.1) is 0 Å². The molecule has 0 amide bonds. The Morgan fingerprint density at radius 3 is 1.92 bits per heavy atom. The second kappa shape index (κ2) is 4.82. The standard InChI is InChI=1S/C24H18/c1-17-22(18-10-4-2-5-11-18)23(19-12-6-3-7-13-19)24(17)16-20-14-8-9-15-21(20)24/h2-15H,1,16H2. The summed E-state index contributed by atoms with van der Waals surface area (Å²) in [6.07, 6.45) is 1.07. The monoisotopic (exact) mass is 306 g/mol. The minimum atomic E-state index is 0.0170. The molecule has 1 unspecified atom stereocenters. The van der Waals surface area contributed by atoms with Crippen molar-refractivity contribution in [1.82, 2.24) is 0 Å². The summed E-state index contributed by atoms with van der Waals surface area (Å²) >= 11 is 0. The molecule has 0 heteroatoms. The van der Waals surface area contributed by atoms with Gasteiger partial charge in [0.1, 0.15) is 0 Å². The zero-order chi connectivity index (χ0) is 16.1. The topological polar surface area (TPSA) is 0 Å². The van der Waals surface area contributed by atoms with Crippen molar-refractivity contribution in [3.63, 3.8) is 0 Å². The number of allylic oxidation sites excluding steroid dienone is 3. The quantitative estimate of drug-likeness (QED) is 0.573. The fraction of sp³-hybridized carbons (Fsp3) is 0.0833. The van der Waals surface area contributed by atoms with Crippen LogP contribution in [0.4, 0.5) is 0 Å². The maximum absolute atomic E-state index is 4.51. The summed E-state index contributed by atoms with van der Waals surface area (Å²) in [5.74, 6) is 0. The molecule has 0 heterocycles. The summed E-state index contributed by atoms with van der Waals surface area (Å²) in [6.45, 7) is 4.51. The van der Waals surface area contributed by atoms with Gasteiger partial charge >= 0.3 is 0 Å². The van der Waals surface area contributed by atoms with Crippen LogP contribution in [0.3, 0.4) is 0 Å². The minimum absolute atomic E-state index is 0.0170. The van der Waals surface area contributed by atoms with Crippen molar-refractivity contribution >= 4 is 11.1 Å². The molecule has 0 saturated carbocycles. The second-order valence-electron chi connectivity index (χ2n) is 6.70. The first-order valence-electron chi connectivity index (χ1n) is 8.46. The zero-order valence-corrected chi connectivity index (χ0v) is 13.5. The highest BCUT2D eigenvalue weighted by atomic mass is 14.6. The first-order valence-corrected chi connectivity index (χ1v) is 8.46. The van der Waals surface area contributed by atoms with Crippen LogP contribution in [0.2, 0.25) is 0 Å². The lowest BCUT2D eigenvalue weighted by atomic mass is 9.46. The lowest BCUT2D eigenvalue weighted by Crippen LogP contribution is -2.48. The van der Waals surface area contributed by atoms with Crippen molar-refractivity contribution in [2.75, 3.05) is 0 Å². The summed E-state index contributed by atoms with van der Waals surface area (Å²) in [6, 6.07) is 30.3. The minimum Gasteiger partial charge on any atom is -0.0939 e. The van der Waals surface area contributed by atoms with E-state index >= 15 is 0 Å². The van der Waals surface area contributed by atoms with Gasteiger partial charge in [-0.1, -0.05) is 91.5 Å². The zero-order valence-electron chi connectivity index (χ0n) is 13.5. The van der Waals surface area contributed by atoms with Crippen molar-refractivity contribution in [3.8, 4) is 0 Å². The van der Waals surface area contributed by atoms with Crippen LogP contribution < -0.4 is 0 Å². The molecule has 2 aliphatic carbocycles. The molecule has 24 heavy (non-hydrogen) atoms. The maximum atomic E-state index is 4.51. The van der Waals surface area contributed by atoms with Gasteiger partial charge in [0.15, 0.2) is 0 Å². The third-order valence-corrected chi connectivity index (χ3v) is 5.55. The van der Waals surface area contributed by atoms with Gasteiger partial charge in [0.2, 0.25) is 0 Å². The van der Waals surface area contributed by atoms with Crippen LogP contribution in [-0.4, -0.2) is 0 Å². The Hall–Kier alpha value is -2.86. The van der Waals surface area contributed by atoms with Gasteiger partial charge in [-0.25, -0.2) is 0 Å². The predicted molar refractivity (Wildman–Crippen MR) is 101 cm³/mol. The van der Waals surface area contributed by atoms with Crippen LogP contribution in [0.15, 0.2) is 97.1 Å². The van der Waals surface area contributed by atoms with E-state index in [-0.39, 0.29) is 5.41 Å². The van der Waals surface area contributed by atoms with Crippen LogP contribution in [0.25, 0.3) is 11.1 Å². The molecular formula is C24H18. The molecular weight excluding hydrogens is 288 g/mol. The molecule has 1 atom stereocenters. The van der Waals surface area contributed by atoms with E-state index in [4.69, 9.17) is 0 Å². The first-order chi connectivity index (χ1) is 11.8. The summed E-state index contributed by atoms with van der Waals surface area (Å²) in [5.41, 5.74) is 9.55. The molecule has 0 bridgehead atoms. The molecule has 0 fully saturated rings. The molecule has 0 radical (unpaired) electrons. The van der Waals surface area contributed by atoms with Gasteiger partial charge < -0.3 is 0 Å². The largest absolute Gasteiger partial charge is 0.0939 e. The van der Waals surface area contributed by atoms with Gasteiger partial charge in [-0.3, -0.25) is 0 Å². The lowest BCUT2D eigenvalue weighted by molar-refractivity contribution is 0.559. The van der Waals surface area contributed by atoms with Crippen LogP contribution in [0.5, 0.6) is 0 Å². The molecule has 3 aromatic carbocycles. The van der Waals surface area contributed by atoms with E-state index in [2.05, 4.69) is 91.5 Å². The van der Waals surface area contributed by atoms with Crippen molar-refractivity contribution in [3.05, 3.63) is 119 Å². The average molecular weight is 306 g/mol. The summed E-state index contributed by atoms with van der Waals surface area (Å²) in [4.78, 5) is 0. The Kier molecular flexibility index (Phi) is 2.72. The Bertz CT molecular complexity index is 977. The molecule has 5 rings (SSSR count). The van der Waals surface area contributed by atoms with Crippen LogP contribution >= 0.6 is 0 Å². The Morgan fingerprint density at radius 1 is 0.667 bits per heavy atom. The molecule has 0 nitrogen and oxygen atoms in total. The van der Waals surface area contributed by atoms with Crippen LogP contribution in [0.1, 0.15) is 22.3 Å². The molecule has 0 saturated heterocycles. The number of hydrogen-bond donors (Lipinski definition) is 0. The Labute approximate surface area is 142 Å². The second-order valence-corrected chi connectivity index (χ2v) is 6.70. The molecule has 2 aliphatic rings. The highest BCUT2D eigenvalue weighted by Gasteiger charge is 2.56. The third kappa shape index (κ3) is 1.58. The van der Waals surface area contributed by atoms with Crippen molar-refractivity contribution in [2.45, 2.75) is 11.8 Å². The van der Waals surface area contributed by atoms with Crippen molar-refractivity contribution in [1.29, 1.82) is 0 Å². The average Bonchev–Trinajstić information content (AvgIpc) is 2.62. The fourth-order valence-corrected chi connectivity index (χ4v) is 4.44. The number of benzene rings is 3. The van der Waals surface area contributed by atoms with E-state index in [9.17, 15) is 0 Å². The normalized spacial score (nSPS) is 21.2. The Balaban J connectivity index is 1.78. The van der Waals surface area contributed by atoms with Crippen molar-refractivity contribution < 1.29 is 0 Å². The van der Waals surface area contributed by atoms with Gasteiger partial charge in [-0.15, -0.1) is 0 Å². The SMILES string of the molecule is C=C1C(c2ccccc2)=C(c2ccccc2)C12Cc1ccccc12.